The van der Waals surface area contributed by atoms with E-state index in [0.29, 0.717) is 15.7 Å². The van der Waals surface area contributed by atoms with E-state index < -0.39 is 7.12 Å². The van der Waals surface area contributed by atoms with Crippen molar-refractivity contribution in [2.75, 3.05) is 0 Å². The summed E-state index contributed by atoms with van der Waals surface area (Å²) in [6.07, 6.45) is 2.79. The number of aromatic nitrogens is 2. The highest BCUT2D eigenvalue weighted by Gasteiger charge is 2.15. The molecule has 82 valence electrons. The van der Waals surface area contributed by atoms with Gasteiger partial charge < -0.3 is 10.0 Å². The minimum Gasteiger partial charge on any atom is -0.423 e. The smallest absolute Gasteiger partial charge is 0.423 e. The largest absolute Gasteiger partial charge is 0.491 e. The quantitative estimate of drug-likeness (QED) is 0.784. The van der Waals surface area contributed by atoms with Crippen LogP contribution in [0.4, 0.5) is 0 Å². The molecule has 0 aliphatic carbocycles. The Balaban J connectivity index is 2.50. The SMILES string of the molecule is OB(O)c1cnn(-c2c(Cl)cccc2Cl)c1. The molecule has 7 heteroatoms. The molecule has 1 heterocycles. The van der Waals surface area contributed by atoms with Gasteiger partial charge in [0.05, 0.1) is 10.0 Å². The lowest BCUT2D eigenvalue weighted by Crippen LogP contribution is -2.28. The predicted molar refractivity (Wildman–Crippen MR) is 63.4 cm³/mol. The van der Waals surface area contributed by atoms with Crippen molar-refractivity contribution in [3.05, 3.63) is 40.6 Å². The van der Waals surface area contributed by atoms with Gasteiger partial charge in [0.15, 0.2) is 0 Å². The molecule has 0 bridgehead atoms. The number of nitrogens with zero attached hydrogens (tertiary/aromatic N) is 2. The van der Waals surface area contributed by atoms with Crippen molar-refractivity contribution in [2.45, 2.75) is 0 Å². The number of para-hydroxylation sites is 1. The second-order valence-electron chi connectivity index (χ2n) is 3.16. The lowest BCUT2D eigenvalue weighted by Gasteiger charge is -2.05. The Morgan fingerprint density at radius 3 is 2.31 bits per heavy atom. The number of hydrogen-bond acceptors (Lipinski definition) is 3. The van der Waals surface area contributed by atoms with Crippen molar-refractivity contribution in [1.29, 1.82) is 0 Å². The monoisotopic (exact) mass is 256 g/mol. The van der Waals surface area contributed by atoms with Crippen LogP contribution in [-0.2, 0) is 0 Å². The van der Waals surface area contributed by atoms with Gasteiger partial charge in [-0.25, -0.2) is 4.68 Å². The molecule has 0 unspecified atom stereocenters. The van der Waals surface area contributed by atoms with Crippen LogP contribution in [0.5, 0.6) is 0 Å². The molecule has 0 radical (unpaired) electrons. The first-order valence-electron chi connectivity index (χ1n) is 4.44. The van der Waals surface area contributed by atoms with Gasteiger partial charge in [-0.2, -0.15) is 5.10 Å². The average Bonchev–Trinajstić information content (AvgIpc) is 2.66. The Morgan fingerprint density at radius 2 is 1.81 bits per heavy atom. The summed E-state index contributed by atoms with van der Waals surface area (Å²) >= 11 is 12.0. The van der Waals surface area contributed by atoms with Gasteiger partial charge in [-0.3, -0.25) is 0 Å². The van der Waals surface area contributed by atoms with Crippen molar-refractivity contribution in [3.63, 3.8) is 0 Å². The van der Waals surface area contributed by atoms with E-state index in [9.17, 15) is 0 Å². The Hall–Kier alpha value is -1.01. The third-order valence-electron chi connectivity index (χ3n) is 2.07. The molecule has 0 aliphatic heterocycles. The molecule has 0 fully saturated rings. The highest BCUT2D eigenvalue weighted by atomic mass is 35.5. The normalized spacial score (nSPS) is 10.5. The van der Waals surface area contributed by atoms with Crippen molar-refractivity contribution < 1.29 is 10.0 Å². The second-order valence-corrected chi connectivity index (χ2v) is 3.98. The molecule has 1 aromatic heterocycles. The van der Waals surface area contributed by atoms with Gasteiger partial charge in [-0.1, -0.05) is 29.3 Å². The Kier molecular flexibility index (Phi) is 3.21. The fourth-order valence-corrected chi connectivity index (χ4v) is 1.87. The number of rotatable bonds is 2. The number of benzene rings is 1. The van der Waals surface area contributed by atoms with E-state index in [2.05, 4.69) is 5.10 Å². The summed E-state index contributed by atoms with van der Waals surface area (Å²) < 4.78 is 1.40. The summed E-state index contributed by atoms with van der Waals surface area (Å²) in [6.45, 7) is 0. The Morgan fingerprint density at radius 1 is 1.19 bits per heavy atom. The molecule has 0 saturated heterocycles. The maximum absolute atomic E-state index is 8.96. The van der Waals surface area contributed by atoms with Gasteiger partial charge in [0, 0.05) is 17.9 Å². The zero-order valence-electron chi connectivity index (χ0n) is 8.01. The molecule has 0 aliphatic rings. The molecule has 0 spiro atoms. The van der Waals surface area contributed by atoms with Crippen LogP contribution >= 0.6 is 23.2 Å². The Labute approximate surface area is 102 Å². The van der Waals surface area contributed by atoms with E-state index in [1.807, 2.05) is 0 Å². The number of halogens is 2. The lowest BCUT2D eigenvalue weighted by atomic mass is 9.83. The third kappa shape index (κ3) is 2.08. The van der Waals surface area contributed by atoms with Gasteiger partial charge in [0.25, 0.3) is 0 Å². The van der Waals surface area contributed by atoms with Crippen LogP contribution < -0.4 is 5.46 Å². The van der Waals surface area contributed by atoms with Crippen LogP contribution in [0, 0.1) is 0 Å². The van der Waals surface area contributed by atoms with Crippen LogP contribution in [0.2, 0.25) is 10.0 Å². The number of hydrogen-bond donors (Lipinski definition) is 2. The van der Waals surface area contributed by atoms with Gasteiger partial charge in [0.2, 0.25) is 0 Å². The van der Waals surface area contributed by atoms with Crippen molar-refractivity contribution in [2.24, 2.45) is 0 Å². The molecule has 0 atom stereocenters. The molecular formula is C9H7BCl2N2O2. The molecule has 2 N–H and O–H groups in total. The molecular weight excluding hydrogens is 250 g/mol. The molecule has 2 rings (SSSR count). The van der Waals surface area contributed by atoms with E-state index in [1.54, 1.807) is 18.2 Å². The minimum atomic E-state index is -1.56. The summed E-state index contributed by atoms with van der Waals surface area (Å²) in [5.41, 5.74) is 0.786. The average molecular weight is 257 g/mol. The van der Waals surface area contributed by atoms with Gasteiger partial charge in [0.1, 0.15) is 5.69 Å². The van der Waals surface area contributed by atoms with E-state index in [4.69, 9.17) is 33.2 Å². The molecule has 1 aromatic carbocycles. The molecule has 0 amide bonds. The molecule has 16 heavy (non-hydrogen) atoms. The topological polar surface area (TPSA) is 58.3 Å². The maximum atomic E-state index is 8.96. The summed E-state index contributed by atoms with van der Waals surface area (Å²) in [5.74, 6) is 0. The van der Waals surface area contributed by atoms with Crippen LogP contribution in [0.3, 0.4) is 0 Å². The summed E-state index contributed by atoms with van der Waals surface area (Å²) in [6, 6.07) is 5.08. The minimum absolute atomic E-state index is 0.274. The van der Waals surface area contributed by atoms with Crippen LogP contribution in [0.25, 0.3) is 5.69 Å². The van der Waals surface area contributed by atoms with Crippen LogP contribution in [0.1, 0.15) is 0 Å². The summed E-state index contributed by atoms with van der Waals surface area (Å²) in [4.78, 5) is 0. The van der Waals surface area contributed by atoms with Gasteiger partial charge in [-0.05, 0) is 12.1 Å². The third-order valence-corrected chi connectivity index (χ3v) is 2.68. The summed E-state index contributed by atoms with van der Waals surface area (Å²) in [7, 11) is -1.56. The fourth-order valence-electron chi connectivity index (χ4n) is 1.30. The van der Waals surface area contributed by atoms with Gasteiger partial charge in [-0.15, -0.1) is 0 Å². The molecule has 0 saturated carbocycles. The van der Waals surface area contributed by atoms with Crippen LogP contribution in [0.15, 0.2) is 30.6 Å². The first-order chi connectivity index (χ1) is 7.59. The van der Waals surface area contributed by atoms with E-state index >= 15 is 0 Å². The predicted octanol–water partition coefficient (Wildman–Crippen LogP) is 0.859. The lowest BCUT2D eigenvalue weighted by molar-refractivity contribution is 0.426. The second kappa shape index (κ2) is 4.47. The molecule has 2 aromatic rings. The highest BCUT2D eigenvalue weighted by Crippen LogP contribution is 2.27. The zero-order valence-corrected chi connectivity index (χ0v) is 9.52. The van der Waals surface area contributed by atoms with Crippen molar-refractivity contribution >= 4 is 35.8 Å². The van der Waals surface area contributed by atoms with E-state index in [1.165, 1.54) is 17.1 Å². The first kappa shape index (κ1) is 11.5. The van der Waals surface area contributed by atoms with Crippen LogP contribution in [-0.4, -0.2) is 26.9 Å². The standard InChI is InChI=1S/C9H7BCl2N2O2/c11-7-2-1-3-8(12)9(7)14-5-6(4-13-14)10(15)16/h1-5,15-16H. The molecule has 4 nitrogen and oxygen atoms in total. The van der Waals surface area contributed by atoms with E-state index in [0.717, 1.165) is 0 Å². The van der Waals surface area contributed by atoms with Gasteiger partial charge >= 0.3 is 7.12 Å². The first-order valence-corrected chi connectivity index (χ1v) is 5.20. The van der Waals surface area contributed by atoms with Crippen molar-refractivity contribution in [3.8, 4) is 5.69 Å². The zero-order chi connectivity index (χ0) is 11.7. The summed E-state index contributed by atoms with van der Waals surface area (Å²) in [5, 5.41) is 22.8. The Bertz CT molecular complexity index is 496. The highest BCUT2D eigenvalue weighted by molar-refractivity contribution is 6.58. The fraction of sp³-hybridized carbons (Fsp3) is 0. The van der Waals surface area contributed by atoms with E-state index in [-0.39, 0.29) is 5.46 Å². The van der Waals surface area contributed by atoms with Crippen molar-refractivity contribution in [1.82, 2.24) is 9.78 Å². The maximum Gasteiger partial charge on any atom is 0.491 e.